The van der Waals surface area contributed by atoms with Crippen molar-refractivity contribution in [2.45, 2.75) is 31.9 Å². The molecule has 0 aromatic heterocycles. The summed E-state index contributed by atoms with van der Waals surface area (Å²) < 4.78 is 0. The number of fused-ring (bicyclic) bond motifs is 2. The average Bonchev–Trinajstić information content (AvgIpc) is 2.92. The van der Waals surface area contributed by atoms with Crippen molar-refractivity contribution in [2.75, 3.05) is 38.1 Å². The third-order valence-corrected chi connectivity index (χ3v) is 6.09. The molecule has 2 heterocycles. The van der Waals surface area contributed by atoms with Gasteiger partial charge in [0.15, 0.2) is 0 Å². The molecule has 4 rings (SSSR count). The van der Waals surface area contributed by atoms with Crippen LogP contribution in [0.5, 0.6) is 0 Å². The van der Waals surface area contributed by atoms with Crippen LogP contribution in [0, 0.1) is 0 Å². The van der Waals surface area contributed by atoms with Crippen LogP contribution in [0.15, 0.2) is 42.5 Å². The first kappa shape index (κ1) is 21.5. The summed E-state index contributed by atoms with van der Waals surface area (Å²) in [6, 6.07) is 13.9. The van der Waals surface area contributed by atoms with E-state index in [1.807, 2.05) is 18.2 Å². The molecule has 2 amide bonds. The zero-order valence-electron chi connectivity index (χ0n) is 17.6. The predicted octanol–water partition coefficient (Wildman–Crippen LogP) is 0.964. The highest BCUT2D eigenvalue weighted by molar-refractivity contribution is 5.91. The molecule has 2 aromatic rings. The highest BCUT2D eigenvalue weighted by Crippen LogP contribution is 2.22. The highest BCUT2D eigenvalue weighted by atomic mass is 16.3. The second-order valence-electron chi connectivity index (χ2n) is 8.36. The quantitative estimate of drug-likeness (QED) is 0.644. The molecule has 1 atom stereocenters. The van der Waals surface area contributed by atoms with E-state index >= 15 is 0 Å². The van der Waals surface area contributed by atoms with E-state index in [1.165, 1.54) is 11.1 Å². The number of amides is 2. The highest BCUT2D eigenvalue weighted by Gasteiger charge is 2.25. The van der Waals surface area contributed by atoms with Crippen molar-refractivity contribution in [3.05, 3.63) is 64.7 Å². The molecule has 7 nitrogen and oxygen atoms in total. The van der Waals surface area contributed by atoms with Crippen molar-refractivity contribution in [1.29, 1.82) is 0 Å². The maximum Gasteiger partial charge on any atom is 0.250 e. The molecule has 0 radical (unpaired) electrons. The minimum atomic E-state index is -0.602. The number of β-amino-alcohol motifs (C(OH)–C–C–N with tert-alkyl or cyclic N) is 1. The van der Waals surface area contributed by atoms with Gasteiger partial charge in [-0.1, -0.05) is 30.3 Å². The Balaban J connectivity index is 1.34. The monoisotopic (exact) mass is 423 g/mol. The molecule has 164 valence electrons. The first-order chi connectivity index (χ1) is 15.0. The third-order valence-electron chi connectivity index (χ3n) is 6.09. The molecule has 0 fully saturated rings. The number of carbonyl (C=O) groups is 2. The number of anilines is 1. The van der Waals surface area contributed by atoms with E-state index in [0.717, 1.165) is 30.6 Å². The van der Waals surface area contributed by atoms with Gasteiger partial charge in [-0.2, -0.15) is 0 Å². The van der Waals surface area contributed by atoms with Gasteiger partial charge in [0.25, 0.3) is 0 Å². The minimum absolute atomic E-state index is 0.00827. The van der Waals surface area contributed by atoms with Crippen LogP contribution in [0.25, 0.3) is 0 Å². The summed E-state index contributed by atoms with van der Waals surface area (Å²) in [5, 5.41) is 22.2. The number of nitrogens with zero attached hydrogens (tertiary/aromatic N) is 2. The number of carbonyl (C=O) groups excluding carboxylic acids is 2. The number of hydrogen-bond acceptors (Lipinski definition) is 5. The largest absolute Gasteiger partial charge is 0.390 e. The van der Waals surface area contributed by atoms with Gasteiger partial charge in [0.1, 0.15) is 6.61 Å². The molecule has 1 unspecified atom stereocenters. The number of rotatable bonds is 6. The van der Waals surface area contributed by atoms with E-state index in [1.54, 1.807) is 11.0 Å². The maximum absolute atomic E-state index is 12.8. The number of aliphatic hydroxyl groups is 2. The van der Waals surface area contributed by atoms with Gasteiger partial charge in [0.05, 0.1) is 12.5 Å². The molecule has 3 N–H and O–H groups in total. The summed E-state index contributed by atoms with van der Waals surface area (Å²) in [5.74, 6) is -0.455. The molecule has 31 heavy (non-hydrogen) atoms. The summed E-state index contributed by atoms with van der Waals surface area (Å²) in [4.78, 5) is 28.2. The van der Waals surface area contributed by atoms with Crippen molar-refractivity contribution in [2.24, 2.45) is 0 Å². The molecule has 0 saturated heterocycles. The number of aliphatic hydroxyl groups excluding tert-OH is 2. The standard InChI is InChI=1S/C24H29N3O4/c28-16-23(30)25-21-6-5-18-12-24(31)27(10-8-19(18)11-21)15-22(29)14-26-9-7-17-3-1-2-4-20(17)13-26/h1-6,11,22,28-29H,7-10,12-16H2,(H,25,30). The molecule has 2 aliphatic rings. The summed E-state index contributed by atoms with van der Waals surface area (Å²) >= 11 is 0. The Morgan fingerprint density at radius 1 is 1.00 bits per heavy atom. The minimum Gasteiger partial charge on any atom is -0.390 e. The van der Waals surface area contributed by atoms with E-state index in [-0.39, 0.29) is 12.3 Å². The second kappa shape index (κ2) is 9.60. The molecule has 7 heteroatoms. The van der Waals surface area contributed by atoms with Crippen LogP contribution in [0.4, 0.5) is 5.69 Å². The van der Waals surface area contributed by atoms with Gasteiger partial charge < -0.3 is 20.4 Å². The Labute approximate surface area is 182 Å². The molecule has 2 aromatic carbocycles. The normalized spacial score (nSPS) is 17.5. The summed E-state index contributed by atoms with van der Waals surface area (Å²) in [6.45, 7) is 2.57. The Morgan fingerprint density at radius 2 is 1.77 bits per heavy atom. The van der Waals surface area contributed by atoms with Gasteiger partial charge in [0.2, 0.25) is 11.8 Å². The molecule has 0 spiro atoms. The number of hydrogen-bond donors (Lipinski definition) is 3. The van der Waals surface area contributed by atoms with Gasteiger partial charge in [-0.3, -0.25) is 14.5 Å². The first-order valence-corrected chi connectivity index (χ1v) is 10.8. The summed E-state index contributed by atoms with van der Waals surface area (Å²) in [6.07, 6.45) is 1.33. The van der Waals surface area contributed by atoms with Crippen molar-refractivity contribution < 1.29 is 19.8 Å². The van der Waals surface area contributed by atoms with E-state index < -0.39 is 18.6 Å². The molecular formula is C24H29N3O4. The molecule has 0 aliphatic carbocycles. The molecule has 0 saturated carbocycles. The van der Waals surface area contributed by atoms with Crippen LogP contribution in [0.2, 0.25) is 0 Å². The lowest BCUT2D eigenvalue weighted by Gasteiger charge is -2.32. The van der Waals surface area contributed by atoms with Crippen LogP contribution in [-0.4, -0.2) is 70.7 Å². The van der Waals surface area contributed by atoms with Gasteiger partial charge in [-0.05, 0) is 47.2 Å². The molecule has 2 aliphatic heterocycles. The fraction of sp³-hybridized carbons (Fsp3) is 0.417. The van der Waals surface area contributed by atoms with Crippen LogP contribution in [-0.2, 0) is 35.4 Å². The number of benzene rings is 2. The van der Waals surface area contributed by atoms with Crippen molar-refractivity contribution in [1.82, 2.24) is 9.80 Å². The molecule has 0 bridgehead atoms. The van der Waals surface area contributed by atoms with Crippen molar-refractivity contribution in [3.8, 4) is 0 Å². The van der Waals surface area contributed by atoms with E-state index in [9.17, 15) is 14.7 Å². The van der Waals surface area contributed by atoms with Crippen LogP contribution in [0.1, 0.15) is 22.3 Å². The van der Waals surface area contributed by atoms with Gasteiger partial charge in [-0.15, -0.1) is 0 Å². The fourth-order valence-corrected chi connectivity index (χ4v) is 4.48. The lowest BCUT2D eigenvalue weighted by molar-refractivity contribution is -0.131. The summed E-state index contributed by atoms with van der Waals surface area (Å²) in [7, 11) is 0. The van der Waals surface area contributed by atoms with Crippen LogP contribution < -0.4 is 5.32 Å². The summed E-state index contributed by atoms with van der Waals surface area (Å²) in [5.41, 5.74) is 5.25. The van der Waals surface area contributed by atoms with E-state index in [2.05, 4.69) is 28.4 Å². The van der Waals surface area contributed by atoms with Crippen LogP contribution in [0.3, 0.4) is 0 Å². The number of nitrogens with one attached hydrogen (secondary N) is 1. The SMILES string of the molecule is O=C(CO)Nc1ccc2c(c1)CCN(CC(O)CN1CCc3ccccc3C1)C(=O)C2. The van der Waals surface area contributed by atoms with Crippen molar-refractivity contribution >= 4 is 17.5 Å². The zero-order valence-corrected chi connectivity index (χ0v) is 17.6. The predicted molar refractivity (Wildman–Crippen MR) is 118 cm³/mol. The van der Waals surface area contributed by atoms with Crippen molar-refractivity contribution in [3.63, 3.8) is 0 Å². The fourth-order valence-electron chi connectivity index (χ4n) is 4.48. The lowest BCUT2D eigenvalue weighted by Crippen LogP contribution is -2.44. The Morgan fingerprint density at radius 3 is 2.58 bits per heavy atom. The molecular weight excluding hydrogens is 394 g/mol. The van der Waals surface area contributed by atoms with Gasteiger partial charge in [-0.25, -0.2) is 0 Å². The Hall–Kier alpha value is -2.74. The maximum atomic E-state index is 12.8. The van der Waals surface area contributed by atoms with Gasteiger partial charge >= 0.3 is 0 Å². The second-order valence-corrected chi connectivity index (χ2v) is 8.36. The van der Waals surface area contributed by atoms with E-state index in [0.29, 0.717) is 31.7 Å². The van der Waals surface area contributed by atoms with Crippen LogP contribution >= 0.6 is 0 Å². The average molecular weight is 424 g/mol. The topological polar surface area (TPSA) is 93.1 Å². The first-order valence-electron chi connectivity index (χ1n) is 10.8. The lowest BCUT2D eigenvalue weighted by atomic mass is 10.00. The third kappa shape index (κ3) is 5.31. The van der Waals surface area contributed by atoms with Gasteiger partial charge in [0, 0.05) is 38.4 Å². The smallest absolute Gasteiger partial charge is 0.250 e. The van der Waals surface area contributed by atoms with E-state index in [4.69, 9.17) is 5.11 Å². The Bertz CT molecular complexity index is 962. The Kier molecular flexibility index (Phi) is 6.65. The zero-order chi connectivity index (χ0) is 21.8.